The summed E-state index contributed by atoms with van der Waals surface area (Å²) in [6.07, 6.45) is 1.83. The molecule has 2 aliphatic rings. The normalized spacial score (nSPS) is 16.1. The van der Waals surface area contributed by atoms with E-state index in [4.69, 9.17) is 9.84 Å². The minimum atomic E-state index is -0.917. The highest BCUT2D eigenvalue weighted by Gasteiger charge is 2.35. The second-order valence-corrected chi connectivity index (χ2v) is 9.63. The van der Waals surface area contributed by atoms with Crippen LogP contribution in [-0.4, -0.2) is 53.7 Å². The third kappa shape index (κ3) is 5.84. The third-order valence-corrected chi connectivity index (χ3v) is 7.24. The Kier molecular flexibility index (Phi) is 7.73. The van der Waals surface area contributed by atoms with Gasteiger partial charge in [-0.15, -0.1) is 0 Å². The Morgan fingerprint density at radius 1 is 1.03 bits per heavy atom. The summed E-state index contributed by atoms with van der Waals surface area (Å²) < 4.78 is 5.64. The highest BCUT2D eigenvalue weighted by molar-refractivity contribution is 5.79. The number of carbonyl (C=O) groups is 3. The fourth-order valence-corrected chi connectivity index (χ4v) is 5.28. The lowest BCUT2D eigenvalue weighted by atomic mass is 9.98. The molecule has 2 atom stereocenters. The first-order valence-corrected chi connectivity index (χ1v) is 12.5. The molecule has 2 aromatic rings. The number of carboxylic acid groups (broad SMARTS) is 1. The van der Waals surface area contributed by atoms with Gasteiger partial charge in [-0.1, -0.05) is 48.5 Å². The monoisotopic (exact) mass is 478 g/mol. The van der Waals surface area contributed by atoms with E-state index in [2.05, 4.69) is 29.6 Å². The predicted octanol–water partition coefficient (Wildman–Crippen LogP) is 4.65. The summed E-state index contributed by atoms with van der Waals surface area (Å²) in [5, 5.41) is 11.9. The number of hydrogen-bond donors (Lipinski definition) is 2. The summed E-state index contributed by atoms with van der Waals surface area (Å²) in [6, 6.07) is 16.1. The van der Waals surface area contributed by atoms with E-state index in [0.717, 1.165) is 24.0 Å². The molecule has 7 heteroatoms. The van der Waals surface area contributed by atoms with Crippen LogP contribution in [0, 0.1) is 11.8 Å². The molecule has 0 bridgehead atoms. The molecular weight excluding hydrogens is 444 g/mol. The third-order valence-electron chi connectivity index (χ3n) is 7.24. The molecule has 186 valence electrons. The SMILES string of the molecule is CCN(C(=O)CC(CNC(=O)OCC1c2ccccc2-c2ccccc21)C1CC1)C(C)CC(=O)O. The van der Waals surface area contributed by atoms with Crippen LogP contribution in [0.25, 0.3) is 11.1 Å². The van der Waals surface area contributed by atoms with Gasteiger partial charge in [-0.25, -0.2) is 4.79 Å². The molecule has 7 nitrogen and oxygen atoms in total. The number of amides is 2. The molecule has 0 aliphatic heterocycles. The molecule has 2 aromatic carbocycles. The fourth-order valence-electron chi connectivity index (χ4n) is 5.28. The summed E-state index contributed by atoms with van der Waals surface area (Å²) in [7, 11) is 0. The minimum Gasteiger partial charge on any atom is -0.481 e. The first kappa shape index (κ1) is 24.8. The summed E-state index contributed by atoms with van der Waals surface area (Å²) >= 11 is 0. The fraction of sp³-hybridized carbons (Fsp3) is 0.464. The zero-order valence-corrected chi connectivity index (χ0v) is 20.4. The van der Waals surface area contributed by atoms with Crippen molar-refractivity contribution in [1.82, 2.24) is 10.2 Å². The van der Waals surface area contributed by atoms with Gasteiger partial charge in [0.1, 0.15) is 6.61 Å². The van der Waals surface area contributed by atoms with E-state index >= 15 is 0 Å². The van der Waals surface area contributed by atoms with E-state index in [-0.39, 0.29) is 36.8 Å². The van der Waals surface area contributed by atoms with Gasteiger partial charge in [-0.2, -0.15) is 0 Å². The molecular formula is C28H34N2O5. The number of aliphatic carboxylic acids is 1. The van der Waals surface area contributed by atoms with E-state index in [9.17, 15) is 14.4 Å². The van der Waals surface area contributed by atoms with Gasteiger partial charge in [-0.05, 0) is 60.8 Å². The van der Waals surface area contributed by atoms with Crippen LogP contribution in [0.5, 0.6) is 0 Å². The largest absolute Gasteiger partial charge is 0.481 e. The molecule has 35 heavy (non-hydrogen) atoms. The number of carboxylic acids is 1. The Hall–Kier alpha value is -3.35. The molecule has 2 amide bonds. The van der Waals surface area contributed by atoms with Crippen molar-refractivity contribution in [3.05, 3.63) is 59.7 Å². The van der Waals surface area contributed by atoms with Gasteiger partial charge in [0.2, 0.25) is 5.91 Å². The summed E-state index contributed by atoms with van der Waals surface area (Å²) in [4.78, 5) is 38.2. The van der Waals surface area contributed by atoms with Gasteiger partial charge in [0.15, 0.2) is 0 Å². The summed E-state index contributed by atoms with van der Waals surface area (Å²) in [6.45, 7) is 4.71. The quantitative estimate of drug-likeness (QED) is 0.490. The second-order valence-electron chi connectivity index (χ2n) is 9.63. The van der Waals surface area contributed by atoms with E-state index < -0.39 is 12.1 Å². The van der Waals surface area contributed by atoms with Gasteiger partial charge in [0.25, 0.3) is 0 Å². The van der Waals surface area contributed by atoms with Crippen molar-refractivity contribution in [2.75, 3.05) is 19.7 Å². The first-order valence-electron chi connectivity index (χ1n) is 12.5. The molecule has 1 saturated carbocycles. The average molecular weight is 479 g/mol. The van der Waals surface area contributed by atoms with Crippen LogP contribution >= 0.6 is 0 Å². The van der Waals surface area contributed by atoms with Crippen LogP contribution in [0.2, 0.25) is 0 Å². The summed E-state index contributed by atoms with van der Waals surface area (Å²) in [5.41, 5.74) is 4.69. The van der Waals surface area contributed by atoms with E-state index in [1.54, 1.807) is 11.8 Å². The Labute approximate surface area is 206 Å². The number of hydrogen-bond acceptors (Lipinski definition) is 4. The number of ether oxygens (including phenoxy) is 1. The molecule has 0 heterocycles. The van der Waals surface area contributed by atoms with Gasteiger partial charge in [0, 0.05) is 31.5 Å². The van der Waals surface area contributed by atoms with E-state index in [0.29, 0.717) is 25.4 Å². The second kappa shape index (κ2) is 10.9. The number of nitrogens with one attached hydrogen (secondary N) is 1. The lowest BCUT2D eigenvalue weighted by molar-refractivity contribution is -0.140. The molecule has 2 N–H and O–H groups in total. The molecule has 0 spiro atoms. The molecule has 0 saturated heterocycles. The van der Waals surface area contributed by atoms with Crippen molar-refractivity contribution in [3.8, 4) is 11.1 Å². The van der Waals surface area contributed by atoms with Crippen LogP contribution < -0.4 is 5.32 Å². The lowest BCUT2D eigenvalue weighted by Gasteiger charge is -2.29. The smallest absolute Gasteiger partial charge is 0.407 e. The molecule has 1 fully saturated rings. The van der Waals surface area contributed by atoms with Crippen molar-refractivity contribution in [2.24, 2.45) is 11.8 Å². The Balaban J connectivity index is 1.31. The molecule has 2 aliphatic carbocycles. The van der Waals surface area contributed by atoms with Crippen LogP contribution in [-0.2, 0) is 14.3 Å². The lowest BCUT2D eigenvalue weighted by Crippen LogP contribution is -2.42. The van der Waals surface area contributed by atoms with Crippen LogP contribution in [0.4, 0.5) is 4.79 Å². The Morgan fingerprint density at radius 3 is 2.17 bits per heavy atom. The van der Waals surface area contributed by atoms with E-state index in [1.165, 1.54) is 11.1 Å². The zero-order valence-electron chi connectivity index (χ0n) is 20.4. The van der Waals surface area contributed by atoms with Crippen molar-refractivity contribution in [2.45, 2.75) is 51.5 Å². The number of alkyl carbamates (subject to hydrolysis) is 1. The maximum atomic E-state index is 12.9. The maximum absolute atomic E-state index is 12.9. The molecule has 0 radical (unpaired) electrons. The number of rotatable bonds is 11. The molecule has 4 rings (SSSR count). The highest BCUT2D eigenvalue weighted by Crippen LogP contribution is 2.44. The maximum Gasteiger partial charge on any atom is 0.407 e. The molecule has 0 aromatic heterocycles. The topological polar surface area (TPSA) is 95.9 Å². The number of carbonyl (C=O) groups excluding carboxylic acids is 2. The number of nitrogens with zero attached hydrogens (tertiary/aromatic N) is 1. The zero-order chi connectivity index (χ0) is 24.9. The Bertz CT molecular complexity index is 1040. The predicted molar refractivity (Wildman–Crippen MR) is 133 cm³/mol. The molecule has 2 unspecified atom stereocenters. The van der Waals surface area contributed by atoms with Crippen molar-refractivity contribution < 1.29 is 24.2 Å². The average Bonchev–Trinajstić information content (AvgIpc) is 3.63. The number of benzene rings is 2. The Morgan fingerprint density at radius 2 is 1.63 bits per heavy atom. The minimum absolute atomic E-state index is 0.00259. The van der Waals surface area contributed by atoms with Gasteiger partial charge >= 0.3 is 12.1 Å². The van der Waals surface area contributed by atoms with Gasteiger partial charge < -0.3 is 20.1 Å². The van der Waals surface area contributed by atoms with Crippen molar-refractivity contribution >= 4 is 18.0 Å². The van der Waals surface area contributed by atoms with Crippen LogP contribution in [0.3, 0.4) is 0 Å². The van der Waals surface area contributed by atoms with Crippen LogP contribution in [0.1, 0.15) is 56.6 Å². The van der Waals surface area contributed by atoms with Crippen molar-refractivity contribution in [1.29, 1.82) is 0 Å². The standard InChI is InChI=1S/C28H34N2O5/c1-3-30(18(2)14-27(32)33)26(31)15-20(19-12-13-19)16-29-28(34)35-17-25-23-10-6-4-8-21(23)22-9-5-7-11-24(22)25/h4-11,18-20,25H,3,12-17H2,1-2H3,(H,29,34)(H,32,33). The van der Waals surface area contributed by atoms with Crippen molar-refractivity contribution in [3.63, 3.8) is 0 Å². The van der Waals surface area contributed by atoms with Gasteiger partial charge in [0.05, 0.1) is 6.42 Å². The van der Waals surface area contributed by atoms with Crippen LogP contribution in [0.15, 0.2) is 48.5 Å². The van der Waals surface area contributed by atoms with E-state index in [1.807, 2.05) is 31.2 Å². The van der Waals surface area contributed by atoms with Gasteiger partial charge in [-0.3, -0.25) is 9.59 Å². The first-order chi connectivity index (χ1) is 16.9. The summed E-state index contributed by atoms with van der Waals surface area (Å²) in [5.74, 6) is -0.551. The highest BCUT2D eigenvalue weighted by atomic mass is 16.5. The number of fused-ring (bicyclic) bond motifs is 3.